The molecular weight excluding hydrogens is 248 g/mol. The highest BCUT2D eigenvalue weighted by molar-refractivity contribution is 5.82. The maximum atomic E-state index is 12.6. The van der Waals surface area contributed by atoms with Crippen LogP contribution in [0.5, 0.6) is 0 Å². The van der Waals surface area contributed by atoms with Gasteiger partial charge in [0.25, 0.3) is 0 Å². The van der Waals surface area contributed by atoms with E-state index in [0.717, 1.165) is 25.9 Å². The number of carbonyl (C=O) groups is 1. The average Bonchev–Trinajstić information content (AvgIpc) is 2.45. The summed E-state index contributed by atoms with van der Waals surface area (Å²) in [6, 6.07) is 0. The third-order valence-electron chi connectivity index (χ3n) is 3.94. The van der Waals surface area contributed by atoms with E-state index in [-0.39, 0.29) is 5.91 Å². The Kier molecular flexibility index (Phi) is 10.8. The molecule has 0 aromatic rings. The third kappa shape index (κ3) is 7.88. The van der Waals surface area contributed by atoms with Crippen LogP contribution in [-0.2, 0) is 4.79 Å². The third-order valence-corrected chi connectivity index (χ3v) is 3.94. The molecule has 0 atom stereocenters. The highest BCUT2D eigenvalue weighted by atomic mass is 16.2. The second-order valence-electron chi connectivity index (χ2n) is 6.50. The van der Waals surface area contributed by atoms with E-state index in [1.807, 2.05) is 13.8 Å². The Morgan fingerprint density at radius 3 is 1.70 bits per heavy atom. The number of hydrogen-bond acceptors (Lipinski definition) is 2. The molecule has 0 aromatic carbocycles. The summed E-state index contributed by atoms with van der Waals surface area (Å²) < 4.78 is 0. The average molecular weight is 284 g/mol. The standard InChI is InChI=1S/C17H36N2O/c1-5-7-9-11-13-19(14-12-10-8-6-2)16(20)17(3,4)15-18/h5-15,18H2,1-4H3. The zero-order valence-corrected chi connectivity index (χ0v) is 14.2. The van der Waals surface area contributed by atoms with E-state index >= 15 is 0 Å². The molecule has 0 fully saturated rings. The lowest BCUT2D eigenvalue weighted by Crippen LogP contribution is -2.45. The summed E-state index contributed by atoms with van der Waals surface area (Å²) in [4.78, 5) is 14.6. The van der Waals surface area contributed by atoms with Crippen LogP contribution in [0.2, 0.25) is 0 Å². The van der Waals surface area contributed by atoms with Crippen molar-refractivity contribution in [2.24, 2.45) is 11.1 Å². The van der Waals surface area contributed by atoms with Crippen molar-refractivity contribution in [3.8, 4) is 0 Å². The molecule has 0 unspecified atom stereocenters. The fourth-order valence-electron chi connectivity index (χ4n) is 2.29. The summed E-state index contributed by atoms with van der Waals surface area (Å²) in [7, 11) is 0. The normalized spacial score (nSPS) is 11.7. The van der Waals surface area contributed by atoms with Crippen molar-refractivity contribution in [1.82, 2.24) is 4.90 Å². The van der Waals surface area contributed by atoms with Crippen LogP contribution in [0.25, 0.3) is 0 Å². The highest BCUT2D eigenvalue weighted by Crippen LogP contribution is 2.18. The molecule has 20 heavy (non-hydrogen) atoms. The predicted molar refractivity (Wildman–Crippen MR) is 87.7 cm³/mol. The summed E-state index contributed by atoms with van der Waals surface area (Å²) in [5.74, 6) is 0.230. The second kappa shape index (κ2) is 11.1. The highest BCUT2D eigenvalue weighted by Gasteiger charge is 2.30. The van der Waals surface area contributed by atoms with Crippen LogP contribution in [0.3, 0.4) is 0 Å². The summed E-state index contributed by atoms with van der Waals surface area (Å²) in [5, 5.41) is 0. The molecule has 0 aliphatic carbocycles. The topological polar surface area (TPSA) is 46.3 Å². The molecule has 0 rings (SSSR count). The summed E-state index contributed by atoms with van der Waals surface area (Å²) >= 11 is 0. The van der Waals surface area contributed by atoms with E-state index in [2.05, 4.69) is 18.7 Å². The van der Waals surface area contributed by atoms with Crippen molar-refractivity contribution in [3.63, 3.8) is 0 Å². The molecular formula is C17H36N2O. The van der Waals surface area contributed by atoms with Gasteiger partial charge in [-0.25, -0.2) is 0 Å². The molecule has 1 amide bonds. The van der Waals surface area contributed by atoms with Gasteiger partial charge in [-0.2, -0.15) is 0 Å². The lowest BCUT2D eigenvalue weighted by atomic mass is 9.91. The van der Waals surface area contributed by atoms with E-state index in [9.17, 15) is 4.79 Å². The van der Waals surface area contributed by atoms with E-state index in [0.29, 0.717) is 6.54 Å². The molecule has 0 aliphatic rings. The van der Waals surface area contributed by atoms with Crippen LogP contribution in [0.4, 0.5) is 0 Å². The zero-order valence-electron chi connectivity index (χ0n) is 14.2. The van der Waals surface area contributed by atoms with Crippen LogP contribution in [0.15, 0.2) is 0 Å². The van der Waals surface area contributed by atoms with Gasteiger partial charge in [-0.1, -0.05) is 52.4 Å². The molecule has 0 saturated carbocycles. The Morgan fingerprint density at radius 2 is 1.35 bits per heavy atom. The fraction of sp³-hybridized carbons (Fsp3) is 0.941. The lowest BCUT2D eigenvalue weighted by Gasteiger charge is -2.31. The van der Waals surface area contributed by atoms with Crippen molar-refractivity contribution >= 4 is 5.91 Å². The number of nitrogens with two attached hydrogens (primary N) is 1. The Hall–Kier alpha value is -0.570. The first kappa shape index (κ1) is 19.4. The van der Waals surface area contributed by atoms with Gasteiger partial charge in [-0.05, 0) is 26.7 Å². The Balaban J connectivity index is 4.33. The van der Waals surface area contributed by atoms with Crippen LogP contribution >= 0.6 is 0 Å². The van der Waals surface area contributed by atoms with Crippen LogP contribution in [0, 0.1) is 5.41 Å². The van der Waals surface area contributed by atoms with E-state index in [1.54, 1.807) is 0 Å². The maximum absolute atomic E-state index is 12.6. The van der Waals surface area contributed by atoms with Crippen molar-refractivity contribution in [2.75, 3.05) is 19.6 Å². The summed E-state index contributed by atoms with van der Waals surface area (Å²) in [6.45, 7) is 10.6. The predicted octanol–water partition coefficient (Wildman–Crippen LogP) is 3.96. The number of amides is 1. The molecule has 0 saturated heterocycles. The first-order valence-corrected chi connectivity index (χ1v) is 8.49. The van der Waals surface area contributed by atoms with Gasteiger partial charge in [-0.3, -0.25) is 4.79 Å². The maximum Gasteiger partial charge on any atom is 0.229 e. The molecule has 0 aromatic heterocycles. The second-order valence-corrected chi connectivity index (χ2v) is 6.50. The molecule has 120 valence electrons. The molecule has 0 radical (unpaired) electrons. The first-order valence-electron chi connectivity index (χ1n) is 8.49. The smallest absolute Gasteiger partial charge is 0.229 e. The first-order chi connectivity index (χ1) is 9.49. The number of rotatable bonds is 12. The number of hydrogen-bond donors (Lipinski definition) is 1. The van der Waals surface area contributed by atoms with Crippen molar-refractivity contribution in [1.29, 1.82) is 0 Å². The Labute approximate surface area is 126 Å². The fourth-order valence-corrected chi connectivity index (χ4v) is 2.29. The van der Waals surface area contributed by atoms with Gasteiger partial charge >= 0.3 is 0 Å². The van der Waals surface area contributed by atoms with Gasteiger partial charge < -0.3 is 10.6 Å². The summed E-state index contributed by atoms with van der Waals surface area (Å²) in [5.41, 5.74) is 5.33. The van der Waals surface area contributed by atoms with Gasteiger partial charge in [0.15, 0.2) is 0 Å². The van der Waals surface area contributed by atoms with E-state index in [4.69, 9.17) is 5.73 Å². The minimum absolute atomic E-state index is 0.230. The van der Waals surface area contributed by atoms with E-state index in [1.165, 1.54) is 38.5 Å². The SMILES string of the molecule is CCCCCCN(CCCCCC)C(=O)C(C)(C)CN. The number of nitrogens with zero attached hydrogens (tertiary/aromatic N) is 1. The molecule has 3 nitrogen and oxygen atoms in total. The largest absolute Gasteiger partial charge is 0.342 e. The van der Waals surface area contributed by atoms with E-state index < -0.39 is 5.41 Å². The van der Waals surface area contributed by atoms with Gasteiger partial charge in [0, 0.05) is 19.6 Å². The monoisotopic (exact) mass is 284 g/mol. The zero-order chi connectivity index (χ0) is 15.4. The van der Waals surface area contributed by atoms with Gasteiger partial charge in [0.2, 0.25) is 5.91 Å². The Bertz CT molecular complexity index is 239. The molecule has 0 spiro atoms. The lowest BCUT2D eigenvalue weighted by molar-refractivity contribution is -0.140. The van der Waals surface area contributed by atoms with Crippen molar-refractivity contribution in [2.45, 2.75) is 79.1 Å². The van der Waals surface area contributed by atoms with Gasteiger partial charge in [-0.15, -0.1) is 0 Å². The van der Waals surface area contributed by atoms with Gasteiger partial charge in [0.05, 0.1) is 5.41 Å². The van der Waals surface area contributed by atoms with Crippen LogP contribution in [0.1, 0.15) is 79.1 Å². The van der Waals surface area contributed by atoms with Crippen LogP contribution in [-0.4, -0.2) is 30.4 Å². The minimum Gasteiger partial charge on any atom is -0.342 e. The quantitative estimate of drug-likeness (QED) is 0.551. The Morgan fingerprint density at radius 1 is 0.900 bits per heavy atom. The molecule has 0 heterocycles. The van der Waals surface area contributed by atoms with Crippen LogP contribution < -0.4 is 5.73 Å². The molecule has 3 heteroatoms. The molecule has 2 N–H and O–H groups in total. The minimum atomic E-state index is -0.421. The van der Waals surface area contributed by atoms with Crippen molar-refractivity contribution in [3.05, 3.63) is 0 Å². The molecule has 0 aliphatic heterocycles. The van der Waals surface area contributed by atoms with Gasteiger partial charge in [0.1, 0.15) is 0 Å². The summed E-state index contributed by atoms with van der Waals surface area (Å²) in [6.07, 6.45) is 9.67. The number of unbranched alkanes of at least 4 members (excludes halogenated alkanes) is 6. The van der Waals surface area contributed by atoms with Crippen molar-refractivity contribution < 1.29 is 4.79 Å². The molecule has 0 bridgehead atoms. The number of carbonyl (C=O) groups excluding carboxylic acids is 1.